The van der Waals surface area contributed by atoms with Crippen molar-refractivity contribution in [3.63, 3.8) is 0 Å². The van der Waals surface area contributed by atoms with Crippen molar-refractivity contribution in [1.29, 1.82) is 0 Å². The van der Waals surface area contributed by atoms with Crippen molar-refractivity contribution in [1.82, 2.24) is 4.98 Å². The SMILES string of the molecule is Clc1cccc(CC[NH2+]Cc2cccnc2)c1. The van der Waals surface area contributed by atoms with Crippen molar-refractivity contribution in [3.05, 3.63) is 64.9 Å². The van der Waals surface area contributed by atoms with Crippen LogP contribution in [0.5, 0.6) is 0 Å². The molecule has 0 amide bonds. The monoisotopic (exact) mass is 247 g/mol. The molecule has 0 unspecified atom stereocenters. The van der Waals surface area contributed by atoms with E-state index in [4.69, 9.17) is 11.6 Å². The molecule has 1 heterocycles. The van der Waals surface area contributed by atoms with Crippen LogP contribution < -0.4 is 5.32 Å². The van der Waals surface area contributed by atoms with Gasteiger partial charge in [0.2, 0.25) is 0 Å². The highest BCUT2D eigenvalue weighted by atomic mass is 35.5. The molecule has 0 saturated heterocycles. The molecule has 0 aliphatic carbocycles. The summed E-state index contributed by atoms with van der Waals surface area (Å²) in [5, 5.41) is 3.10. The van der Waals surface area contributed by atoms with Gasteiger partial charge in [-0.05, 0) is 23.8 Å². The van der Waals surface area contributed by atoms with Gasteiger partial charge in [-0.15, -0.1) is 0 Å². The van der Waals surface area contributed by atoms with Gasteiger partial charge >= 0.3 is 0 Å². The van der Waals surface area contributed by atoms with Crippen LogP contribution in [0.2, 0.25) is 5.02 Å². The first-order valence-corrected chi connectivity index (χ1v) is 6.17. The Bertz CT molecular complexity index is 457. The fourth-order valence-corrected chi connectivity index (χ4v) is 1.96. The van der Waals surface area contributed by atoms with Crippen LogP contribution in [-0.2, 0) is 13.0 Å². The van der Waals surface area contributed by atoms with Gasteiger partial charge in [-0.1, -0.05) is 29.8 Å². The fraction of sp³-hybridized carbons (Fsp3) is 0.214. The molecule has 88 valence electrons. The van der Waals surface area contributed by atoms with Crippen LogP contribution in [0.25, 0.3) is 0 Å². The van der Waals surface area contributed by atoms with Crippen molar-refractivity contribution < 1.29 is 5.32 Å². The molecule has 0 spiro atoms. The maximum Gasteiger partial charge on any atom is 0.103 e. The highest BCUT2D eigenvalue weighted by molar-refractivity contribution is 6.30. The van der Waals surface area contributed by atoms with Gasteiger partial charge in [0.15, 0.2) is 0 Å². The molecule has 0 radical (unpaired) electrons. The Morgan fingerprint density at radius 2 is 2.00 bits per heavy atom. The third-order valence-corrected chi connectivity index (χ3v) is 2.86. The molecule has 2 aromatic rings. The Labute approximate surface area is 107 Å². The Hall–Kier alpha value is -1.38. The zero-order chi connectivity index (χ0) is 11.9. The lowest BCUT2D eigenvalue weighted by molar-refractivity contribution is -0.670. The van der Waals surface area contributed by atoms with Crippen LogP contribution in [0.3, 0.4) is 0 Å². The van der Waals surface area contributed by atoms with Gasteiger partial charge in [-0.2, -0.15) is 0 Å². The van der Waals surface area contributed by atoms with Gasteiger partial charge in [0.05, 0.1) is 6.54 Å². The maximum absolute atomic E-state index is 5.94. The Morgan fingerprint density at radius 1 is 1.12 bits per heavy atom. The summed E-state index contributed by atoms with van der Waals surface area (Å²) in [5.74, 6) is 0. The zero-order valence-electron chi connectivity index (χ0n) is 9.64. The maximum atomic E-state index is 5.94. The zero-order valence-corrected chi connectivity index (χ0v) is 10.4. The lowest BCUT2D eigenvalue weighted by Gasteiger charge is -2.02. The van der Waals surface area contributed by atoms with E-state index in [0.29, 0.717) is 0 Å². The van der Waals surface area contributed by atoms with Gasteiger partial charge in [0, 0.05) is 29.4 Å². The Morgan fingerprint density at radius 3 is 2.76 bits per heavy atom. The molecule has 1 aromatic carbocycles. The highest BCUT2D eigenvalue weighted by Gasteiger charge is 1.97. The van der Waals surface area contributed by atoms with Crippen molar-refractivity contribution in [3.8, 4) is 0 Å². The molecular formula is C14H16ClN2+. The van der Waals surface area contributed by atoms with E-state index < -0.39 is 0 Å². The summed E-state index contributed by atoms with van der Waals surface area (Å²) in [6, 6.07) is 12.1. The minimum Gasteiger partial charge on any atom is -0.342 e. The molecule has 2 N–H and O–H groups in total. The number of halogens is 1. The second-order valence-corrected chi connectivity index (χ2v) is 4.46. The molecule has 0 aliphatic rings. The molecule has 2 nitrogen and oxygen atoms in total. The van der Waals surface area contributed by atoms with Crippen LogP contribution in [0, 0.1) is 0 Å². The van der Waals surface area contributed by atoms with Crippen molar-refractivity contribution in [2.24, 2.45) is 0 Å². The summed E-state index contributed by atoms with van der Waals surface area (Å²) >= 11 is 5.94. The summed E-state index contributed by atoms with van der Waals surface area (Å²) < 4.78 is 0. The molecule has 0 saturated carbocycles. The van der Waals surface area contributed by atoms with Gasteiger partial charge in [-0.3, -0.25) is 4.98 Å². The van der Waals surface area contributed by atoms with E-state index in [2.05, 4.69) is 22.4 Å². The van der Waals surface area contributed by atoms with E-state index in [-0.39, 0.29) is 0 Å². The topological polar surface area (TPSA) is 29.5 Å². The summed E-state index contributed by atoms with van der Waals surface area (Å²) in [7, 11) is 0. The number of hydrogen-bond donors (Lipinski definition) is 1. The van der Waals surface area contributed by atoms with Gasteiger partial charge in [-0.25, -0.2) is 0 Å². The van der Waals surface area contributed by atoms with E-state index in [0.717, 1.165) is 24.5 Å². The summed E-state index contributed by atoms with van der Waals surface area (Å²) in [4.78, 5) is 4.10. The van der Waals surface area contributed by atoms with Gasteiger partial charge < -0.3 is 5.32 Å². The molecule has 2 rings (SSSR count). The third kappa shape index (κ3) is 4.17. The standard InChI is InChI=1S/C14H15ClN2/c15-14-5-1-3-12(9-14)6-8-17-11-13-4-2-7-16-10-13/h1-5,7,9-10,17H,6,8,11H2/p+1. The second-order valence-electron chi connectivity index (χ2n) is 4.02. The fourth-order valence-electron chi connectivity index (χ4n) is 1.75. The van der Waals surface area contributed by atoms with E-state index in [1.54, 1.807) is 6.20 Å². The predicted octanol–water partition coefficient (Wildman–Crippen LogP) is 2.04. The Balaban J connectivity index is 1.73. The number of nitrogens with zero attached hydrogens (tertiary/aromatic N) is 1. The van der Waals surface area contributed by atoms with E-state index in [9.17, 15) is 0 Å². The first-order chi connectivity index (χ1) is 8.34. The second kappa shape index (κ2) is 6.38. The highest BCUT2D eigenvalue weighted by Crippen LogP contribution is 2.10. The smallest absolute Gasteiger partial charge is 0.103 e. The lowest BCUT2D eigenvalue weighted by atomic mass is 10.1. The molecule has 0 bridgehead atoms. The van der Waals surface area contributed by atoms with Crippen LogP contribution in [-0.4, -0.2) is 11.5 Å². The number of quaternary nitrogens is 1. The summed E-state index contributed by atoms with van der Waals surface area (Å²) in [5.41, 5.74) is 2.55. The molecule has 0 atom stereocenters. The van der Waals surface area contributed by atoms with Gasteiger partial charge in [0.1, 0.15) is 6.54 Å². The quantitative estimate of drug-likeness (QED) is 0.806. The Kier molecular flexibility index (Phi) is 4.54. The van der Waals surface area contributed by atoms with Crippen LogP contribution in [0.4, 0.5) is 0 Å². The van der Waals surface area contributed by atoms with Crippen LogP contribution in [0.1, 0.15) is 11.1 Å². The number of nitrogens with two attached hydrogens (primary N) is 1. The van der Waals surface area contributed by atoms with Crippen LogP contribution in [0.15, 0.2) is 48.8 Å². The molecule has 0 aliphatic heterocycles. The number of rotatable bonds is 5. The van der Waals surface area contributed by atoms with Gasteiger partial charge in [0.25, 0.3) is 0 Å². The van der Waals surface area contributed by atoms with Crippen molar-refractivity contribution in [2.75, 3.05) is 6.54 Å². The van der Waals surface area contributed by atoms with Crippen LogP contribution >= 0.6 is 11.6 Å². The minimum atomic E-state index is 0.815. The number of aromatic nitrogens is 1. The normalized spacial score (nSPS) is 10.4. The van der Waals surface area contributed by atoms with Crippen molar-refractivity contribution in [2.45, 2.75) is 13.0 Å². The summed E-state index contributed by atoms with van der Waals surface area (Å²) in [6.07, 6.45) is 4.76. The lowest BCUT2D eigenvalue weighted by Crippen LogP contribution is -2.83. The summed E-state index contributed by atoms with van der Waals surface area (Å²) in [6.45, 7) is 2.05. The largest absolute Gasteiger partial charge is 0.342 e. The average Bonchev–Trinajstić information content (AvgIpc) is 2.36. The molecule has 1 aromatic heterocycles. The third-order valence-electron chi connectivity index (χ3n) is 2.63. The number of benzene rings is 1. The van der Waals surface area contributed by atoms with E-state index >= 15 is 0 Å². The number of pyridine rings is 1. The molecule has 0 fully saturated rings. The van der Waals surface area contributed by atoms with E-state index in [1.165, 1.54) is 11.1 Å². The van der Waals surface area contributed by atoms with E-state index in [1.807, 2.05) is 30.5 Å². The first kappa shape index (κ1) is 12.1. The minimum absolute atomic E-state index is 0.815. The molecule has 17 heavy (non-hydrogen) atoms. The molecular weight excluding hydrogens is 232 g/mol. The first-order valence-electron chi connectivity index (χ1n) is 5.79. The van der Waals surface area contributed by atoms with Crippen molar-refractivity contribution >= 4 is 11.6 Å². The number of hydrogen-bond acceptors (Lipinski definition) is 1. The molecule has 3 heteroatoms. The predicted molar refractivity (Wildman–Crippen MR) is 69.9 cm³/mol. The average molecular weight is 248 g/mol.